The van der Waals surface area contributed by atoms with Crippen molar-refractivity contribution in [3.63, 3.8) is 0 Å². The van der Waals surface area contributed by atoms with Crippen LogP contribution in [0.1, 0.15) is 18.4 Å². The fourth-order valence-electron chi connectivity index (χ4n) is 3.91. The van der Waals surface area contributed by atoms with Crippen LogP contribution in [0.15, 0.2) is 30.3 Å². The molecule has 0 spiro atoms. The minimum atomic E-state index is -0.653. The molecule has 1 N–H and O–H groups in total. The number of benzene rings is 1. The second kappa shape index (κ2) is 7.76. The maximum Gasteiger partial charge on any atom is 0.319 e. The van der Waals surface area contributed by atoms with Gasteiger partial charge in [-0.1, -0.05) is 24.3 Å². The second-order valence-corrected chi connectivity index (χ2v) is 7.64. The van der Waals surface area contributed by atoms with E-state index in [1.807, 2.05) is 11.0 Å². The number of carbonyl (C=O) groups excluding carboxylic acids is 1. The normalized spacial score (nSPS) is 26.8. The highest BCUT2D eigenvalue weighted by Crippen LogP contribution is 2.35. The molecule has 2 aliphatic rings. The van der Waals surface area contributed by atoms with Crippen LogP contribution < -0.4 is 0 Å². The van der Waals surface area contributed by atoms with E-state index in [0.717, 1.165) is 31.6 Å². The average molecular weight is 361 g/mol. The molecule has 5 nitrogen and oxygen atoms in total. The number of nitrogens with zero attached hydrogens (tertiary/aromatic N) is 3. The lowest BCUT2D eigenvalue weighted by Crippen LogP contribution is -2.61. The van der Waals surface area contributed by atoms with Crippen LogP contribution in [0.2, 0.25) is 0 Å². The Bertz CT molecular complexity index is 662. The average Bonchev–Trinajstić information content (AvgIpc) is 2.62. The Morgan fingerprint density at radius 1 is 1.27 bits per heavy atom. The molecule has 0 aromatic heterocycles. The monoisotopic (exact) mass is 361 g/mol. The zero-order valence-electron chi connectivity index (χ0n) is 15.6. The number of fused-ring (bicyclic) bond motifs is 1. The van der Waals surface area contributed by atoms with Gasteiger partial charge in [0.05, 0.1) is 5.60 Å². The Labute approximate surface area is 154 Å². The van der Waals surface area contributed by atoms with Crippen LogP contribution in [0.25, 0.3) is 6.08 Å². The summed E-state index contributed by atoms with van der Waals surface area (Å²) in [7, 11) is 3.52. The van der Waals surface area contributed by atoms with Crippen LogP contribution in [0.4, 0.5) is 9.18 Å². The van der Waals surface area contributed by atoms with E-state index in [1.165, 1.54) is 12.1 Å². The van der Waals surface area contributed by atoms with Crippen LogP contribution in [-0.2, 0) is 0 Å². The van der Waals surface area contributed by atoms with E-state index in [9.17, 15) is 14.3 Å². The number of hydrogen-bond donors (Lipinski definition) is 1. The van der Waals surface area contributed by atoms with Gasteiger partial charge in [0.2, 0.25) is 0 Å². The first-order valence-corrected chi connectivity index (χ1v) is 9.20. The number of amides is 2. The van der Waals surface area contributed by atoms with Crippen molar-refractivity contribution >= 4 is 12.1 Å². The number of urea groups is 1. The summed E-state index contributed by atoms with van der Waals surface area (Å²) in [5.41, 5.74) is 0.320. The topological polar surface area (TPSA) is 47.0 Å². The minimum absolute atomic E-state index is 0.0142. The predicted octanol–water partition coefficient (Wildman–Crippen LogP) is 2.28. The van der Waals surface area contributed by atoms with Gasteiger partial charge in [0.15, 0.2) is 0 Å². The smallest absolute Gasteiger partial charge is 0.319 e. The molecule has 0 bridgehead atoms. The Morgan fingerprint density at radius 3 is 2.65 bits per heavy atom. The minimum Gasteiger partial charge on any atom is -0.389 e. The van der Waals surface area contributed by atoms with Crippen LogP contribution in [0.5, 0.6) is 0 Å². The molecule has 0 saturated carbocycles. The summed E-state index contributed by atoms with van der Waals surface area (Å²) in [4.78, 5) is 18.0. The molecular formula is C20H28FN3O2. The SMILES string of the molecule is CN(C)C(=O)N1CC[C@@]2(O)CCN(C/C=C/c3ccc(F)cc3)C[C@H]2C1. The zero-order valence-corrected chi connectivity index (χ0v) is 15.6. The summed E-state index contributed by atoms with van der Waals surface area (Å²) in [6.45, 7) is 3.63. The van der Waals surface area contributed by atoms with E-state index in [0.29, 0.717) is 19.5 Å². The third kappa shape index (κ3) is 4.24. The van der Waals surface area contributed by atoms with Gasteiger partial charge in [0, 0.05) is 52.7 Å². The summed E-state index contributed by atoms with van der Waals surface area (Å²) >= 11 is 0. The molecule has 6 heteroatoms. The molecule has 2 heterocycles. The fraction of sp³-hybridized carbons (Fsp3) is 0.550. The van der Waals surface area contributed by atoms with Gasteiger partial charge in [0.1, 0.15) is 5.82 Å². The van der Waals surface area contributed by atoms with E-state index in [1.54, 1.807) is 31.1 Å². The van der Waals surface area contributed by atoms with E-state index in [-0.39, 0.29) is 17.8 Å². The van der Waals surface area contributed by atoms with Gasteiger partial charge in [-0.05, 0) is 30.5 Å². The van der Waals surface area contributed by atoms with Crippen LogP contribution in [-0.4, -0.2) is 78.3 Å². The van der Waals surface area contributed by atoms with Crippen molar-refractivity contribution in [2.24, 2.45) is 5.92 Å². The van der Waals surface area contributed by atoms with Gasteiger partial charge < -0.3 is 14.9 Å². The Hall–Kier alpha value is -1.92. The molecule has 2 fully saturated rings. The molecule has 1 aromatic carbocycles. The van der Waals surface area contributed by atoms with Crippen molar-refractivity contribution in [1.82, 2.24) is 14.7 Å². The zero-order chi connectivity index (χ0) is 18.7. The summed E-state index contributed by atoms with van der Waals surface area (Å²) in [5, 5.41) is 10.9. The molecule has 2 amide bonds. The summed E-state index contributed by atoms with van der Waals surface area (Å²) < 4.78 is 12.9. The van der Waals surface area contributed by atoms with Gasteiger partial charge in [0.25, 0.3) is 0 Å². The molecule has 2 aliphatic heterocycles. The van der Waals surface area contributed by atoms with E-state index >= 15 is 0 Å². The lowest BCUT2D eigenvalue weighted by Gasteiger charge is -2.50. The second-order valence-electron chi connectivity index (χ2n) is 7.64. The maximum absolute atomic E-state index is 12.9. The molecule has 142 valence electrons. The fourth-order valence-corrected chi connectivity index (χ4v) is 3.91. The van der Waals surface area contributed by atoms with E-state index in [4.69, 9.17) is 0 Å². The number of likely N-dealkylation sites (tertiary alicyclic amines) is 2. The highest BCUT2D eigenvalue weighted by molar-refractivity contribution is 5.74. The number of halogens is 1. The van der Waals surface area contributed by atoms with Crippen LogP contribution >= 0.6 is 0 Å². The largest absolute Gasteiger partial charge is 0.389 e. The van der Waals surface area contributed by atoms with Crippen molar-refractivity contribution in [3.8, 4) is 0 Å². The Morgan fingerprint density at radius 2 is 1.96 bits per heavy atom. The third-order valence-corrected chi connectivity index (χ3v) is 5.55. The molecule has 0 aliphatic carbocycles. The third-order valence-electron chi connectivity index (χ3n) is 5.55. The Balaban J connectivity index is 1.57. The van der Waals surface area contributed by atoms with Gasteiger partial charge in [-0.15, -0.1) is 0 Å². The predicted molar refractivity (Wildman–Crippen MR) is 100 cm³/mol. The highest BCUT2D eigenvalue weighted by atomic mass is 19.1. The van der Waals surface area contributed by atoms with Crippen molar-refractivity contribution in [3.05, 3.63) is 41.7 Å². The van der Waals surface area contributed by atoms with Gasteiger partial charge in [-0.2, -0.15) is 0 Å². The first-order valence-electron chi connectivity index (χ1n) is 9.20. The standard InChI is InChI=1S/C20H28FN3O2/c1-22(2)19(25)24-13-10-20(26)9-12-23(14-17(20)15-24)11-3-4-16-5-7-18(21)8-6-16/h3-8,17,26H,9-15H2,1-2H3/b4-3+/t17-,20-/m0/s1. The molecule has 1 aromatic rings. The lowest BCUT2D eigenvalue weighted by molar-refractivity contribution is -0.105. The van der Waals surface area contributed by atoms with E-state index in [2.05, 4.69) is 11.0 Å². The molecule has 0 unspecified atom stereocenters. The molecule has 26 heavy (non-hydrogen) atoms. The van der Waals surface area contributed by atoms with Gasteiger partial charge >= 0.3 is 6.03 Å². The number of rotatable bonds is 3. The molecule has 2 atom stereocenters. The first kappa shape index (κ1) is 18.9. The Kier molecular flexibility index (Phi) is 5.63. The number of piperidine rings is 2. The van der Waals surface area contributed by atoms with Crippen LogP contribution in [0, 0.1) is 11.7 Å². The molecule has 2 saturated heterocycles. The van der Waals surface area contributed by atoms with Crippen LogP contribution in [0.3, 0.4) is 0 Å². The highest BCUT2D eigenvalue weighted by Gasteiger charge is 2.45. The van der Waals surface area contributed by atoms with E-state index < -0.39 is 5.60 Å². The van der Waals surface area contributed by atoms with Gasteiger partial charge in [-0.25, -0.2) is 9.18 Å². The van der Waals surface area contributed by atoms with Crippen molar-refractivity contribution in [2.45, 2.75) is 18.4 Å². The summed E-state index contributed by atoms with van der Waals surface area (Å²) in [6.07, 6.45) is 5.45. The number of carbonyl (C=O) groups is 1. The van der Waals surface area contributed by atoms with Gasteiger partial charge in [-0.3, -0.25) is 4.90 Å². The quantitative estimate of drug-likeness (QED) is 0.899. The number of aliphatic hydroxyl groups is 1. The molecular weight excluding hydrogens is 333 g/mol. The molecule has 3 rings (SSSR count). The van der Waals surface area contributed by atoms with Crippen molar-refractivity contribution in [2.75, 3.05) is 46.8 Å². The maximum atomic E-state index is 12.9. The summed E-state index contributed by atoms with van der Waals surface area (Å²) in [5.74, 6) is -0.153. The lowest BCUT2D eigenvalue weighted by atomic mass is 9.75. The van der Waals surface area contributed by atoms with Crippen molar-refractivity contribution in [1.29, 1.82) is 0 Å². The molecule has 0 radical (unpaired) electrons. The first-order chi connectivity index (χ1) is 12.4. The number of hydrogen-bond acceptors (Lipinski definition) is 3. The summed E-state index contributed by atoms with van der Waals surface area (Å²) in [6, 6.07) is 6.44. The van der Waals surface area contributed by atoms with Crippen molar-refractivity contribution < 1.29 is 14.3 Å².